The lowest BCUT2D eigenvalue weighted by Gasteiger charge is -2.30. The maximum atomic E-state index is 12.4. The fourth-order valence-electron chi connectivity index (χ4n) is 2.20. The van der Waals surface area contributed by atoms with Crippen LogP contribution in [0.3, 0.4) is 0 Å². The number of rotatable bonds is 2. The van der Waals surface area contributed by atoms with Gasteiger partial charge in [0.25, 0.3) is 0 Å². The van der Waals surface area contributed by atoms with Crippen molar-refractivity contribution in [3.63, 3.8) is 0 Å². The van der Waals surface area contributed by atoms with Crippen LogP contribution in [0.4, 0.5) is 0 Å². The lowest BCUT2D eigenvalue weighted by Crippen LogP contribution is -2.47. The fraction of sp³-hybridized carbons (Fsp3) is 0.667. The Bertz CT molecular complexity index is 409. The van der Waals surface area contributed by atoms with Crippen LogP contribution in [-0.4, -0.2) is 44.4 Å². The predicted molar refractivity (Wildman–Crippen MR) is 63.4 cm³/mol. The zero-order valence-corrected chi connectivity index (χ0v) is 10.6. The fourth-order valence-corrected chi connectivity index (χ4v) is 2.20. The molecule has 1 aromatic heterocycles. The first-order valence-corrected chi connectivity index (χ1v) is 5.85. The van der Waals surface area contributed by atoms with E-state index in [2.05, 4.69) is 5.10 Å². The maximum absolute atomic E-state index is 12.4. The van der Waals surface area contributed by atoms with Crippen LogP contribution in [0.1, 0.15) is 27.2 Å². The molecule has 1 aliphatic heterocycles. The summed E-state index contributed by atoms with van der Waals surface area (Å²) in [5.74, 6) is -0.000949. The van der Waals surface area contributed by atoms with Crippen molar-refractivity contribution in [1.29, 1.82) is 0 Å². The van der Waals surface area contributed by atoms with E-state index in [1.807, 2.05) is 13.8 Å². The van der Waals surface area contributed by atoms with Crippen molar-refractivity contribution in [3.8, 4) is 0 Å². The van der Waals surface area contributed by atoms with E-state index >= 15 is 0 Å². The molecule has 5 nitrogen and oxygen atoms in total. The molecule has 1 unspecified atom stereocenters. The average molecular weight is 237 g/mol. The van der Waals surface area contributed by atoms with E-state index in [1.54, 1.807) is 35.0 Å². The van der Waals surface area contributed by atoms with Gasteiger partial charge in [-0.15, -0.1) is 0 Å². The number of hydrogen-bond acceptors (Lipinski definition) is 3. The van der Waals surface area contributed by atoms with Crippen molar-refractivity contribution >= 4 is 5.91 Å². The van der Waals surface area contributed by atoms with Crippen molar-refractivity contribution in [2.24, 2.45) is 0 Å². The third-order valence-corrected chi connectivity index (χ3v) is 3.34. The molecule has 5 heteroatoms. The number of aliphatic hydroxyl groups is 1. The summed E-state index contributed by atoms with van der Waals surface area (Å²) >= 11 is 0. The van der Waals surface area contributed by atoms with Crippen LogP contribution in [-0.2, 0) is 10.3 Å². The smallest absolute Gasteiger partial charge is 0.250 e. The van der Waals surface area contributed by atoms with Gasteiger partial charge in [-0.3, -0.25) is 9.48 Å². The van der Waals surface area contributed by atoms with Gasteiger partial charge in [0.05, 0.1) is 5.60 Å². The Morgan fingerprint density at radius 3 is 2.71 bits per heavy atom. The van der Waals surface area contributed by atoms with Crippen molar-refractivity contribution in [2.45, 2.75) is 38.3 Å². The van der Waals surface area contributed by atoms with Gasteiger partial charge in [-0.25, -0.2) is 0 Å². The number of nitrogens with zero attached hydrogens (tertiary/aromatic N) is 3. The van der Waals surface area contributed by atoms with E-state index < -0.39 is 11.1 Å². The van der Waals surface area contributed by atoms with Crippen LogP contribution in [0.25, 0.3) is 0 Å². The molecule has 1 aromatic rings. The molecule has 0 spiro atoms. The summed E-state index contributed by atoms with van der Waals surface area (Å²) in [4.78, 5) is 14.1. The summed E-state index contributed by atoms with van der Waals surface area (Å²) in [5, 5.41) is 14.0. The molecule has 1 N–H and O–H groups in total. The van der Waals surface area contributed by atoms with Gasteiger partial charge in [0.1, 0.15) is 5.54 Å². The Labute approximate surface area is 101 Å². The molecule has 1 amide bonds. The number of aromatic nitrogens is 2. The van der Waals surface area contributed by atoms with Crippen LogP contribution >= 0.6 is 0 Å². The van der Waals surface area contributed by atoms with Crippen molar-refractivity contribution in [1.82, 2.24) is 14.7 Å². The molecule has 0 saturated carbocycles. The monoisotopic (exact) mass is 237 g/mol. The van der Waals surface area contributed by atoms with Crippen molar-refractivity contribution in [2.75, 3.05) is 13.1 Å². The Morgan fingerprint density at radius 2 is 2.24 bits per heavy atom. The molecule has 0 aromatic carbocycles. The minimum absolute atomic E-state index is 0.000949. The van der Waals surface area contributed by atoms with Gasteiger partial charge >= 0.3 is 0 Å². The Hall–Kier alpha value is -1.36. The van der Waals surface area contributed by atoms with Crippen LogP contribution in [0.15, 0.2) is 18.5 Å². The normalized spacial score (nSPS) is 25.3. The first-order chi connectivity index (χ1) is 7.83. The molecule has 0 radical (unpaired) electrons. The molecule has 2 heterocycles. The summed E-state index contributed by atoms with van der Waals surface area (Å²) in [6.07, 6.45) is 4.08. The lowest BCUT2D eigenvalue weighted by molar-refractivity contribution is -0.139. The second kappa shape index (κ2) is 3.84. The van der Waals surface area contributed by atoms with E-state index in [4.69, 9.17) is 0 Å². The SMILES string of the molecule is CC1(O)CCN(C(=O)C(C)(C)n2cccn2)C1. The van der Waals surface area contributed by atoms with Gasteiger partial charge in [-0.05, 0) is 33.3 Å². The molecule has 1 atom stereocenters. The van der Waals surface area contributed by atoms with Crippen LogP contribution < -0.4 is 0 Å². The van der Waals surface area contributed by atoms with E-state index in [9.17, 15) is 9.90 Å². The van der Waals surface area contributed by atoms with Crippen LogP contribution in [0, 0.1) is 0 Å². The number of β-amino-alcohol motifs (C(OH)–C–C–N with tert-alkyl or cyclic N) is 1. The molecule has 17 heavy (non-hydrogen) atoms. The highest BCUT2D eigenvalue weighted by atomic mass is 16.3. The molecular weight excluding hydrogens is 218 g/mol. The van der Waals surface area contributed by atoms with Crippen LogP contribution in [0.2, 0.25) is 0 Å². The summed E-state index contributed by atoms with van der Waals surface area (Å²) < 4.78 is 1.66. The predicted octanol–water partition coefficient (Wildman–Crippen LogP) is 0.601. The van der Waals surface area contributed by atoms with Crippen molar-refractivity contribution < 1.29 is 9.90 Å². The summed E-state index contributed by atoms with van der Waals surface area (Å²) in [5.41, 5.74) is -1.46. The minimum atomic E-state index is -0.754. The van der Waals surface area contributed by atoms with Gasteiger partial charge in [0.2, 0.25) is 5.91 Å². The molecule has 1 aliphatic rings. The summed E-state index contributed by atoms with van der Waals surface area (Å²) in [6.45, 7) is 6.46. The highest BCUT2D eigenvalue weighted by Crippen LogP contribution is 2.25. The summed E-state index contributed by atoms with van der Waals surface area (Å²) in [6, 6.07) is 1.80. The number of hydrogen-bond donors (Lipinski definition) is 1. The third kappa shape index (κ3) is 2.20. The standard InChI is InChI=1S/C12H19N3O2/c1-11(2,15-7-4-6-13-15)10(16)14-8-5-12(3,17)9-14/h4,6-7,17H,5,8-9H2,1-3H3. The zero-order chi connectivity index (χ0) is 12.7. The molecule has 0 aliphatic carbocycles. The van der Waals surface area contributed by atoms with E-state index in [-0.39, 0.29) is 5.91 Å². The van der Waals surface area contributed by atoms with Crippen molar-refractivity contribution in [3.05, 3.63) is 18.5 Å². The lowest BCUT2D eigenvalue weighted by atomic mass is 10.0. The Morgan fingerprint density at radius 1 is 1.53 bits per heavy atom. The number of likely N-dealkylation sites (tertiary alicyclic amines) is 1. The second-order valence-corrected chi connectivity index (χ2v) is 5.48. The number of carbonyl (C=O) groups is 1. The number of amides is 1. The topological polar surface area (TPSA) is 58.4 Å². The van der Waals surface area contributed by atoms with Gasteiger partial charge in [-0.1, -0.05) is 0 Å². The van der Waals surface area contributed by atoms with Gasteiger partial charge in [0.15, 0.2) is 0 Å². The quantitative estimate of drug-likeness (QED) is 0.819. The van der Waals surface area contributed by atoms with Gasteiger partial charge in [0, 0.05) is 25.5 Å². The molecular formula is C12H19N3O2. The minimum Gasteiger partial charge on any atom is -0.388 e. The first-order valence-electron chi connectivity index (χ1n) is 5.85. The Kier molecular flexibility index (Phi) is 2.73. The van der Waals surface area contributed by atoms with Crippen LogP contribution in [0.5, 0.6) is 0 Å². The number of carbonyl (C=O) groups excluding carboxylic acids is 1. The van der Waals surface area contributed by atoms with E-state index in [0.717, 1.165) is 0 Å². The van der Waals surface area contributed by atoms with E-state index in [0.29, 0.717) is 19.5 Å². The second-order valence-electron chi connectivity index (χ2n) is 5.48. The largest absolute Gasteiger partial charge is 0.388 e. The third-order valence-electron chi connectivity index (χ3n) is 3.34. The highest BCUT2D eigenvalue weighted by Gasteiger charge is 2.40. The molecule has 2 rings (SSSR count). The average Bonchev–Trinajstić information content (AvgIpc) is 2.85. The molecule has 94 valence electrons. The Balaban J connectivity index is 2.16. The van der Waals surface area contributed by atoms with Gasteiger partial charge < -0.3 is 10.0 Å². The van der Waals surface area contributed by atoms with E-state index in [1.165, 1.54) is 0 Å². The maximum Gasteiger partial charge on any atom is 0.250 e. The van der Waals surface area contributed by atoms with Gasteiger partial charge in [-0.2, -0.15) is 5.10 Å². The molecule has 0 bridgehead atoms. The summed E-state index contributed by atoms with van der Waals surface area (Å²) in [7, 11) is 0. The molecule has 1 saturated heterocycles. The first kappa shape index (κ1) is 12.1. The zero-order valence-electron chi connectivity index (χ0n) is 10.6. The highest BCUT2D eigenvalue weighted by molar-refractivity contribution is 5.84. The molecule has 1 fully saturated rings.